The van der Waals surface area contributed by atoms with Crippen LogP contribution < -0.4 is 4.74 Å². The number of amides is 1. The van der Waals surface area contributed by atoms with Crippen LogP contribution in [0.4, 0.5) is 4.79 Å². The molecule has 3 rings (SSSR count). The normalized spacial score (nSPS) is 18.9. The number of nitrogens with one attached hydrogen (secondary N) is 1. The summed E-state index contributed by atoms with van der Waals surface area (Å²) >= 11 is 0. The smallest absolute Gasteiger partial charge is 0.410 e. The number of fused-ring (bicyclic) bond motifs is 1. The molecule has 1 amide bonds. The number of H-pyrrole nitrogens is 1. The van der Waals surface area contributed by atoms with Gasteiger partial charge in [0.25, 0.3) is 0 Å². The Hall–Kier alpha value is -2.24. The van der Waals surface area contributed by atoms with Crippen LogP contribution in [0.5, 0.6) is 5.75 Å². The summed E-state index contributed by atoms with van der Waals surface area (Å²) in [4.78, 5) is 13.9. The minimum Gasteiger partial charge on any atom is -0.489 e. The number of likely N-dealkylation sites (tertiary alicyclic amines) is 1. The number of aromatic amines is 1. The molecule has 1 aromatic heterocycles. The van der Waals surface area contributed by atoms with Crippen LogP contribution >= 0.6 is 0 Å². The van der Waals surface area contributed by atoms with E-state index >= 15 is 0 Å². The highest BCUT2D eigenvalue weighted by molar-refractivity contribution is 5.79. The zero-order valence-corrected chi connectivity index (χ0v) is 13.8. The fraction of sp³-hybridized carbons (Fsp3) is 0.529. The van der Waals surface area contributed by atoms with Crippen molar-refractivity contribution in [3.63, 3.8) is 0 Å². The Bertz CT molecular complexity index is 690. The quantitative estimate of drug-likeness (QED) is 0.922. The largest absolute Gasteiger partial charge is 0.489 e. The van der Waals surface area contributed by atoms with E-state index in [2.05, 4.69) is 10.2 Å². The maximum Gasteiger partial charge on any atom is 0.410 e. The van der Waals surface area contributed by atoms with Gasteiger partial charge in [-0.15, -0.1) is 0 Å². The van der Waals surface area contributed by atoms with E-state index in [0.717, 1.165) is 36.0 Å². The van der Waals surface area contributed by atoms with E-state index in [1.807, 2.05) is 39.0 Å². The first kappa shape index (κ1) is 15.6. The molecule has 0 saturated carbocycles. The van der Waals surface area contributed by atoms with Gasteiger partial charge in [0.05, 0.1) is 18.3 Å². The van der Waals surface area contributed by atoms with Crippen LogP contribution in [0.15, 0.2) is 24.4 Å². The molecule has 6 heteroatoms. The van der Waals surface area contributed by atoms with E-state index in [1.54, 1.807) is 11.1 Å². The standard InChI is InChI=1S/C17H23N3O3/c1-17(2,3)23-16(21)20-8-4-5-14(11-20)22-13-6-7-15-12(9-13)10-18-19-15/h6-7,9-10,14H,4-5,8,11H2,1-3H3,(H,18,19)/t14-/m1/s1. The van der Waals surface area contributed by atoms with E-state index in [-0.39, 0.29) is 12.2 Å². The minimum absolute atomic E-state index is 0.0133. The minimum atomic E-state index is -0.475. The molecular formula is C17H23N3O3. The number of carbonyl (C=O) groups is 1. The molecule has 0 radical (unpaired) electrons. The summed E-state index contributed by atoms with van der Waals surface area (Å²) in [6, 6.07) is 5.84. The number of carbonyl (C=O) groups excluding carboxylic acids is 1. The highest BCUT2D eigenvalue weighted by atomic mass is 16.6. The Balaban J connectivity index is 1.63. The lowest BCUT2D eigenvalue weighted by molar-refractivity contribution is 0.00777. The lowest BCUT2D eigenvalue weighted by Crippen LogP contribution is -2.46. The van der Waals surface area contributed by atoms with E-state index in [9.17, 15) is 4.79 Å². The van der Waals surface area contributed by atoms with Gasteiger partial charge in [-0.05, 0) is 51.8 Å². The molecule has 1 aliphatic rings. The van der Waals surface area contributed by atoms with Crippen molar-refractivity contribution in [1.29, 1.82) is 0 Å². The summed E-state index contributed by atoms with van der Waals surface area (Å²) in [5, 5.41) is 7.94. The van der Waals surface area contributed by atoms with Crippen molar-refractivity contribution in [1.82, 2.24) is 15.1 Å². The molecule has 6 nitrogen and oxygen atoms in total. The maximum absolute atomic E-state index is 12.2. The molecule has 1 saturated heterocycles. The SMILES string of the molecule is CC(C)(C)OC(=O)N1CCC[C@@H](Oc2ccc3[nH]ncc3c2)C1. The second-order valence-corrected chi connectivity index (χ2v) is 6.93. The predicted molar refractivity (Wildman–Crippen MR) is 87.6 cm³/mol. The van der Waals surface area contributed by atoms with E-state index in [4.69, 9.17) is 9.47 Å². The fourth-order valence-electron chi connectivity index (χ4n) is 2.71. The van der Waals surface area contributed by atoms with Crippen LogP contribution in [0.25, 0.3) is 10.9 Å². The zero-order valence-electron chi connectivity index (χ0n) is 13.8. The van der Waals surface area contributed by atoms with Crippen molar-refractivity contribution in [2.45, 2.75) is 45.3 Å². The first-order valence-electron chi connectivity index (χ1n) is 7.98. The molecule has 1 aliphatic heterocycles. The Morgan fingerprint density at radius 1 is 1.39 bits per heavy atom. The highest BCUT2D eigenvalue weighted by Crippen LogP contribution is 2.23. The van der Waals surface area contributed by atoms with Crippen molar-refractivity contribution in [3.8, 4) is 5.75 Å². The molecule has 0 aliphatic carbocycles. The summed E-state index contributed by atoms with van der Waals surface area (Å²) in [6.07, 6.45) is 3.34. The molecule has 2 aromatic rings. The zero-order chi connectivity index (χ0) is 16.4. The number of aromatic nitrogens is 2. The highest BCUT2D eigenvalue weighted by Gasteiger charge is 2.28. The fourth-order valence-corrected chi connectivity index (χ4v) is 2.71. The van der Waals surface area contributed by atoms with Gasteiger partial charge in [0, 0.05) is 11.9 Å². The van der Waals surface area contributed by atoms with Gasteiger partial charge in [-0.2, -0.15) is 5.10 Å². The van der Waals surface area contributed by atoms with Crippen LogP contribution in [-0.2, 0) is 4.74 Å². The van der Waals surface area contributed by atoms with Gasteiger partial charge in [0.1, 0.15) is 17.5 Å². The third-order valence-corrected chi connectivity index (χ3v) is 3.74. The monoisotopic (exact) mass is 317 g/mol. The van der Waals surface area contributed by atoms with Crippen LogP contribution in [-0.4, -0.2) is 46.0 Å². The third-order valence-electron chi connectivity index (χ3n) is 3.74. The summed E-state index contributed by atoms with van der Waals surface area (Å²) in [5.74, 6) is 0.801. The Kier molecular flexibility index (Phi) is 4.15. The molecule has 1 atom stereocenters. The van der Waals surface area contributed by atoms with Crippen molar-refractivity contribution in [2.24, 2.45) is 0 Å². The molecule has 23 heavy (non-hydrogen) atoms. The van der Waals surface area contributed by atoms with E-state index < -0.39 is 5.60 Å². The van der Waals surface area contributed by atoms with Crippen LogP contribution in [0.3, 0.4) is 0 Å². The lowest BCUT2D eigenvalue weighted by Gasteiger charge is -2.34. The van der Waals surface area contributed by atoms with Gasteiger partial charge in [0.2, 0.25) is 0 Å². The third kappa shape index (κ3) is 3.94. The molecular weight excluding hydrogens is 294 g/mol. The number of ether oxygens (including phenoxy) is 2. The van der Waals surface area contributed by atoms with Gasteiger partial charge in [-0.3, -0.25) is 5.10 Å². The summed E-state index contributed by atoms with van der Waals surface area (Å²) < 4.78 is 11.5. The molecule has 124 valence electrons. The van der Waals surface area contributed by atoms with Gasteiger partial charge in [-0.1, -0.05) is 0 Å². The Labute approximate surface area is 135 Å². The predicted octanol–water partition coefficient (Wildman–Crippen LogP) is 3.34. The first-order valence-corrected chi connectivity index (χ1v) is 7.98. The van der Waals surface area contributed by atoms with Crippen molar-refractivity contribution in [3.05, 3.63) is 24.4 Å². The molecule has 0 spiro atoms. The summed E-state index contributed by atoms with van der Waals surface area (Å²) in [6.45, 7) is 6.91. The molecule has 0 bridgehead atoms. The van der Waals surface area contributed by atoms with E-state index in [0.29, 0.717) is 6.54 Å². The average molecular weight is 317 g/mol. The lowest BCUT2D eigenvalue weighted by atomic mass is 10.1. The molecule has 1 N–H and O–H groups in total. The van der Waals surface area contributed by atoms with Gasteiger partial charge < -0.3 is 14.4 Å². The molecule has 1 fully saturated rings. The van der Waals surface area contributed by atoms with Crippen LogP contribution in [0, 0.1) is 0 Å². The molecule has 2 heterocycles. The van der Waals surface area contributed by atoms with Gasteiger partial charge in [0.15, 0.2) is 0 Å². The number of rotatable bonds is 2. The van der Waals surface area contributed by atoms with Gasteiger partial charge in [-0.25, -0.2) is 4.79 Å². The number of piperidine rings is 1. The Morgan fingerprint density at radius 3 is 3.00 bits per heavy atom. The van der Waals surface area contributed by atoms with Crippen molar-refractivity contribution in [2.75, 3.05) is 13.1 Å². The number of hydrogen-bond acceptors (Lipinski definition) is 4. The second-order valence-electron chi connectivity index (χ2n) is 6.93. The number of hydrogen-bond donors (Lipinski definition) is 1. The molecule has 1 aromatic carbocycles. The second kappa shape index (κ2) is 6.10. The number of benzene rings is 1. The van der Waals surface area contributed by atoms with E-state index in [1.165, 1.54) is 0 Å². The van der Waals surface area contributed by atoms with Crippen LogP contribution in [0.2, 0.25) is 0 Å². The average Bonchev–Trinajstić information content (AvgIpc) is 2.93. The topological polar surface area (TPSA) is 67.4 Å². The summed E-state index contributed by atoms with van der Waals surface area (Å²) in [5.41, 5.74) is 0.508. The Morgan fingerprint density at radius 2 is 2.22 bits per heavy atom. The number of nitrogens with zero attached hydrogens (tertiary/aromatic N) is 2. The first-order chi connectivity index (χ1) is 10.9. The molecule has 0 unspecified atom stereocenters. The van der Waals surface area contributed by atoms with Gasteiger partial charge >= 0.3 is 6.09 Å². The van der Waals surface area contributed by atoms with Crippen molar-refractivity contribution < 1.29 is 14.3 Å². The maximum atomic E-state index is 12.2. The summed E-state index contributed by atoms with van der Waals surface area (Å²) in [7, 11) is 0. The van der Waals surface area contributed by atoms with Crippen LogP contribution in [0.1, 0.15) is 33.6 Å². The van der Waals surface area contributed by atoms with Crippen molar-refractivity contribution >= 4 is 17.0 Å².